The van der Waals surface area contributed by atoms with Crippen molar-refractivity contribution in [2.24, 2.45) is 5.92 Å². The summed E-state index contributed by atoms with van der Waals surface area (Å²) >= 11 is 0. The number of rotatable bonds is 10. The van der Waals surface area contributed by atoms with E-state index in [1.54, 1.807) is 24.3 Å². The molecule has 2 rings (SSSR count). The monoisotopic (exact) mass is 429 g/mol. The molecule has 0 radical (unpaired) electrons. The van der Waals surface area contributed by atoms with Crippen LogP contribution in [0.1, 0.15) is 63.4 Å². The lowest BCUT2D eigenvalue weighted by molar-refractivity contribution is -0.126. The van der Waals surface area contributed by atoms with Gasteiger partial charge < -0.3 is 5.32 Å². The molecule has 3 amide bonds. The summed E-state index contributed by atoms with van der Waals surface area (Å²) < 4.78 is 1.30. The van der Waals surface area contributed by atoms with E-state index in [0.717, 1.165) is 25.7 Å². The maximum atomic E-state index is 12.7. The molecule has 0 fully saturated rings. The first-order valence-corrected chi connectivity index (χ1v) is 10.7. The zero-order chi connectivity index (χ0) is 22.8. The number of aryl methyl sites for hydroxylation is 1. The van der Waals surface area contributed by atoms with Gasteiger partial charge in [0.05, 0.1) is 11.9 Å². The van der Waals surface area contributed by atoms with E-state index in [1.165, 1.54) is 4.68 Å². The zero-order valence-corrected chi connectivity index (χ0v) is 18.4. The number of unbranched alkanes of at least 4 members (excludes halogenated alkanes) is 2. The van der Waals surface area contributed by atoms with Crippen molar-refractivity contribution < 1.29 is 14.4 Å². The quantitative estimate of drug-likeness (QED) is 0.393. The Morgan fingerprint density at radius 2 is 1.74 bits per heavy atom. The van der Waals surface area contributed by atoms with Crippen LogP contribution < -0.4 is 21.7 Å². The van der Waals surface area contributed by atoms with Gasteiger partial charge in [0.1, 0.15) is 0 Å². The third-order valence-electron chi connectivity index (χ3n) is 4.77. The molecule has 0 aliphatic heterocycles. The predicted octanol–water partition coefficient (Wildman–Crippen LogP) is 1.90. The van der Waals surface area contributed by atoms with Gasteiger partial charge in [0, 0.05) is 18.4 Å². The highest BCUT2D eigenvalue weighted by molar-refractivity contribution is 6.05. The number of carbonyl (C=O) groups is 3. The molecule has 0 atom stereocenters. The highest BCUT2D eigenvalue weighted by atomic mass is 16.2. The topological polar surface area (TPSA) is 122 Å². The molecular formula is C22H31N5O4. The highest BCUT2D eigenvalue weighted by Crippen LogP contribution is 2.13. The van der Waals surface area contributed by atoms with Gasteiger partial charge in [-0.3, -0.25) is 30.0 Å². The fraction of sp³-hybridized carbons (Fsp3) is 0.500. The van der Waals surface area contributed by atoms with Gasteiger partial charge in [-0.05, 0) is 24.8 Å². The highest BCUT2D eigenvalue weighted by Gasteiger charge is 2.17. The molecule has 1 heterocycles. The minimum absolute atomic E-state index is 0.0490. The number of carbonyl (C=O) groups excluding carboxylic acids is 3. The van der Waals surface area contributed by atoms with Crippen LogP contribution >= 0.6 is 0 Å². The second-order valence-corrected chi connectivity index (χ2v) is 7.84. The molecule has 0 spiro atoms. The molecule has 0 bridgehead atoms. The van der Waals surface area contributed by atoms with Crippen molar-refractivity contribution in [3.8, 4) is 0 Å². The Morgan fingerprint density at radius 3 is 2.42 bits per heavy atom. The van der Waals surface area contributed by atoms with E-state index >= 15 is 0 Å². The first kappa shape index (κ1) is 24.0. The van der Waals surface area contributed by atoms with E-state index in [0.29, 0.717) is 29.7 Å². The number of hydrazine groups is 1. The summed E-state index contributed by atoms with van der Waals surface area (Å²) in [7, 11) is 0. The first-order valence-electron chi connectivity index (χ1n) is 10.7. The van der Waals surface area contributed by atoms with E-state index in [-0.39, 0.29) is 23.7 Å². The van der Waals surface area contributed by atoms with Crippen molar-refractivity contribution in [1.82, 2.24) is 25.9 Å². The smallest absolute Gasteiger partial charge is 0.290 e. The number of nitrogens with zero attached hydrogens (tertiary/aromatic N) is 2. The summed E-state index contributed by atoms with van der Waals surface area (Å²) in [5.74, 6) is -1.03. The minimum atomic E-state index is -0.639. The predicted molar refractivity (Wildman–Crippen MR) is 118 cm³/mol. The lowest BCUT2D eigenvalue weighted by Gasteiger charge is -2.12. The molecular weight excluding hydrogens is 398 g/mol. The third kappa shape index (κ3) is 7.20. The molecule has 0 saturated heterocycles. The molecule has 168 valence electrons. The molecule has 2 aromatic rings. The maximum absolute atomic E-state index is 12.7. The van der Waals surface area contributed by atoms with E-state index in [4.69, 9.17) is 0 Å². The second kappa shape index (κ2) is 11.8. The number of aromatic nitrogens is 2. The van der Waals surface area contributed by atoms with Crippen molar-refractivity contribution >= 4 is 28.5 Å². The third-order valence-corrected chi connectivity index (χ3v) is 4.77. The van der Waals surface area contributed by atoms with Crippen LogP contribution in [0.3, 0.4) is 0 Å². The molecule has 0 unspecified atom stereocenters. The van der Waals surface area contributed by atoms with E-state index in [2.05, 4.69) is 28.2 Å². The Labute approximate surface area is 181 Å². The molecule has 3 N–H and O–H groups in total. The van der Waals surface area contributed by atoms with Gasteiger partial charge in [-0.2, -0.15) is 5.10 Å². The van der Waals surface area contributed by atoms with Crippen molar-refractivity contribution in [3.63, 3.8) is 0 Å². The Balaban J connectivity index is 2.04. The van der Waals surface area contributed by atoms with E-state index < -0.39 is 11.8 Å². The summed E-state index contributed by atoms with van der Waals surface area (Å²) in [4.78, 5) is 49.0. The molecule has 0 aliphatic carbocycles. The van der Waals surface area contributed by atoms with Crippen LogP contribution in [0, 0.1) is 5.92 Å². The summed E-state index contributed by atoms with van der Waals surface area (Å²) in [6, 6.07) is 6.74. The van der Waals surface area contributed by atoms with Crippen LogP contribution in [0.15, 0.2) is 29.1 Å². The van der Waals surface area contributed by atoms with E-state index in [1.807, 2.05) is 13.8 Å². The van der Waals surface area contributed by atoms with Gasteiger partial charge in [0.25, 0.3) is 17.4 Å². The summed E-state index contributed by atoms with van der Waals surface area (Å²) in [6.45, 7) is 6.25. The van der Waals surface area contributed by atoms with Crippen LogP contribution in [0.2, 0.25) is 0 Å². The molecule has 1 aromatic carbocycles. The molecule has 0 saturated carbocycles. The minimum Gasteiger partial charge on any atom is -0.347 e. The molecule has 9 nitrogen and oxygen atoms in total. The van der Waals surface area contributed by atoms with Crippen molar-refractivity contribution in [2.45, 2.75) is 59.4 Å². The number of hydrogen-bond donors (Lipinski definition) is 3. The largest absolute Gasteiger partial charge is 0.347 e. The fourth-order valence-electron chi connectivity index (χ4n) is 2.98. The van der Waals surface area contributed by atoms with Crippen LogP contribution in [0.5, 0.6) is 0 Å². The van der Waals surface area contributed by atoms with Crippen molar-refractivity contribution in [3.05, 3.63) is 40.3 Å². The maximum Gasteiger partial charge on any atom is 0.290 e. The lowest BCUT2D eigenvalue weighted by atomic mass is 10.1. The van der Waals surface area contributed by atoms with Crippen LogP contribution in [-0.4, -0.2) is 34.0 Å². The summed E-state index contributed by atoms with van der Waals surface area (Å²) in [5.41, 5.74) is 4.38. The Kier molecular flexibility index (Phi) is 9.17. The first-order chi connectivity index (χ1) is 14.8. The molecule has 9 heteroatoms. The fourth-order valence-corrected chi connectivity index (χ4v) is 2.98. The van der Waals surface area contributed by atoms with E-state index in [9.17, 15) is 19.2 Å². The normalized spacial score (nSPS) is 10.8. The SMILES string of the molecule is CCCCCn1nc(C(=O)NNC(=O)CNC(=O)CCC(C)C)c2ccccc2c1=O. The Bertz CT molecular complexity index is 984. The number of nitrogens with one attached hydrogen (secondary N) is 3. The molecule has 0 aliphatic rings. The summed E-state index contributed by atoms with van der Waals surface area (Å²) in [6.07, 6.45) is 3.79. The van der Waals surface area contributed by atoms with Crippen LogP contribution in [-0.2, 0) is 16.1 Å². The Hall–Kier alpha value is -3.23. The van der Waals surface area contributed by atoms with Crippen LogP contribution in [0.25, 0.3) is 10.8 Å². The van der Waals surface area contributed by atoms with Gasteiger partial charge >= 0.3 is 0 Å². The number of benzene rings is 1. The van der Waals surface area contributed by atoms with Gasteiger partial charge in [-0.15, -0.1) is 0 Å². The van der Waals surface area contributed by atoms with Crippen LogP contribution in [0.4, 0.5) is 0 Å². The average molecular weight is 430 g/mol. The van der Waals surface area contributed by atoms with Crippen molar-refractivity contribution in [1.29, 1.82) is 0 Å². The van der Waals surface area contributed by atoms with Gasteiger partial charge in [0.15, 0.2) is 5.69 Å². The van der Waals surface area contributed by atoms with Gasteiger partial charge in [-0.25, -0.2) is 4.68 Å². The lowest BCUT2D eigenvalue weighted by Crippen LogP contribution is -2.47. The van der Waals surface area contributed by atoms with Gasteiger partial charge in [-0.1, -0.05) is 51.8 Å². The van der Waals surface area contributed by atoms with Gasteiger partial charge in [0.2, 0.25) is 5.91 Å². The second-order valence-electron chi connectivity index (χ2n) is 7.84. The van der Waals surface area contributed by atoms with Crippen molar-refractivity contribution in [2.75, 3.05) is 6.54 Å². The molecule has 1 aromatic heterocycles. The zero-order valence-electron chi connectivity index (χ0n) is 18.4. The number of hydrogen-bond acceptors (Lipinski definition) is 5. The molecule has 31 heavy (non-hydrogen) atoms. The standard InChI is InChI=1S/C22H31N5O4/c1-4-5-8-13-27-22(31)17-10-7-6-9-16(17)20(26-27)21(30)25-24-19(29)14-23-18(28)12-11-15(2)3/h6-7,9-10,15H,4-5,8,11-14H2,1-3H3,(H,23,28)(H,24,29)(H,25,30). The number of amides is 3. The average Bonchev–Trinajstić information content (AvgIpc) is 2.76. The Morgan fingerprint density at radius 1 is 1.03 bits per heavy atom. The summed E-state index contributed by atoms with van der Waals surface area (Å²) in [5, 5.41) is 7.55. The number of fused-ring (bicyclic) bond motifs is 1.